The fraction of sp³-hybridized carbons (Fsp3) is 0.500. The second-order valence-corrected chi connectivity index (χ2v) is 3.87. The van der Waals surface area contributed by atoms with Crippen molar-refractivity contribution >= 4 is 5.97 Å². The molecule has 2 unspecified atom stereocenters. The van der Waals surface area contributed by atoms with Crippen molar-refractivity contribution in [3.8, 4) is 0 Å². The third-order valence-corrected chi connectivity index (χ3v) is 2.87. The fourth-order valence-electron chi connectivity index (χ4n) is 2.05. The summed E-state index contributed by atoms with van der Waals surface area (Å²) in [5, 5.41) is 19.1. The van der Waals surface area contributed by atoms with Gasteiger partial charge in [-0.1, -0.05) is 6.92 Å². The summed E-state index contributed by atoms with van der Waals surface area (Å²) in [6.45, 7) is 3.45. The minimum Gasteiger partial charge on any atom is -0.479 e. The molecule has 2 N–H and O–H groups in total. The SMILES string of the molecule is Cc1cc2c(o1)CC(C)C2(O)C(=O)O. The van der Waals surface area contributed by atoms with Crippen LogP contribution in [0.3, 0.4) is 0 Å². The molecule has 14 heavy (non-hydrogen) atoms. The first-order valence-electron chi connectivity index (χ1n) is 4.51. The van der Waals surface area contributed by atoms with E-state index in [0.29, 0.717) is 23.5 Å². The van der Waals surface area contributed by atoms with Crippen molar-refractivity contribution in [2.45, 2.75) is 25.9 Å². The van der Waals surface area contributed by atoms with Gasteiger partial charge < -0.3 is 14.6 Å². The van der Waals surface area contributed by atoms with E-state index < -0.39 is 11.6 Å². The van der Waals surface area contributed by atoms with Crippen LogP contribution in [0.1, 0.15) is 24.0 Å². The van der Waals surface area contributed by atoms with Crippen LogP contribution in [0.2, 0.25) is 0 Å². The first-order valence-corrected chi connectivity index (χ1v) is 4.51. The average Bonchev–Trinajstić information content (AvgIpc) is 2.53. The lowest BCUT2D eigenvalue weighted by Crippen LogP contribution is -2.38. The Morgan fingerprint density at radius 1 is 1.71 bits per heavy atom. The summed E-state index contributed by atoms with van der Waals surface area (Å²) < 4.78 is 5.32. The predicted octanol–water partition coefficient (Wildman–Crippen LogP) is 1.05. The summed E-state index contributed by atoms with van der Waals surface area (Å²) in [6.07, 6.45) is 0.478. The molecule has 1 aliphatic carbocycles. The molecule has 4 heteroatoms. The molecule has 2 rings (SSSR count). The summed E-state index contributed by atoms with van der Waals surface area (Å²) in [4.78, 5) is 11.0. The Kier molecular flexibility index (Phi) is 1.72. The van der Waals surface area contributed by atoms with Gasteiger partial charge in [-0.05, 0) is 13.0 Å². The van der Waals surface area contributed by atoms with Gasteiger partial charge in [-0.3, -0.25) is 0 Å². The van der Waals surface area contributed by atoms with E-state index in [2.05, 4.69) is 0 Å². The highest BCUT2D eigenvalue weighted by molar-refractivity contribution is 5.81. The van der Waals surface area contributed by atoms with Crippen molar-refractivity contribution in [2.75, 3.05) is 0 Å². The molecule has 76 valence electrons. The molecule has 1 aliphatic rings. The Bertz CT molecular complexity index is 393. The van der Waals surface area contributed by atoms with Crippen molar-refractivity contribution in [1.82, 2.24) is 0 Å². The number of furan rings is 1. The van der Waals surface area contributed by atoms with E-state index in [1.165, 1.54) is 0 Å². The molecule has 0 aliphatic heterocycles. The number of hydrogen-bond acceptors (Lipinski definition) is 3. The van der Waals surface area contributed by atoms with Crippen molar-refractivity contribution < 1.29 is 19.4 Å². The number of hydrogen-bond donors (Lipinski definition) is 2. The third-order valence-electron chi connectivity index (χ3n) is 2.87. The predicted molar refractivity (Wildman–Crippen MR) is 47.8 cm³/mol. The summed E-state index contributed by atoms with van der Waals surface area (Å²) in [6, 6.07) is 1.60. The molecule has 0 saturated carbocycles. The normalized spacial score (nSPS) is 30.4. The first kappa shape index (κ1) is 9.27. The molecular weight excluding hydrogens is 184 g/mol. The van der Waals surface area contributed by atoms with E-state index in [4.69, 9.17) is 9.52 Å². The van der Waals surface area contributed by atoms with Gasteiger partial charge in [0.1, 0.15) is 11.5 Å². The maximum atomic E-state index is 11.0. The minimum atomic E-state index is -1.77. The second-order valence-electron chi connectivity index (χ2n) is 3.87. The van der Waals surface area contributed by atoms with Crippen LogP contribution in [0.4, 0.5) is 0 Å². The zero-order chi connectivity index (χ0) is 10.5. The van der Waals surface area contributed by atoms with Crippen LogP contribution in [0, 0.1) is 12.8 Å². The average molecular weight is 196 g/mol. The Hall–Kier alpha value is -1.29. The summed E-state index contributed by atoms with van der Waals surface area (Å²) in [5.74, 6) is -0.305. The summed E-state index contributed by atoms with van der Waals surface area (Å²) in [5.41, 5.74) is -1.36. The Morgan fingerprint density at radius 3 is 2.93 bits per heavy atom. The maximum Gasteiger partial charge on any atom is 0.340 e. The molecule has 0 spiro atoms. The second kappa shape index (κ2) is 2.60. The molecule has 1 heterocycles. The Labute approximate surface area is 81.2 Å². The zero-order valence-corrected chi connectivity index (χ0v) is 8.07. The lowest BCUT2D eigenvalue weighted by molar-refractivity contribution is -0.164. The molecule has 1 aromatic rings. The molecule has 0 amide bonds. The molecule has 0 radical (unpaired) electrons. The Morgan fingerprint density at radius 2 is 2.36 bits per heavy atom. The number of carboxylic acid groups (broad SMARTS) is 1. The summed E-state index contributed by atoms with van der Waals surface area (Å²) in [7, 11) is 0. The van der Waals surface area contributed by atoms with Crippen molar-refractivity contribution in [1.29, 1.82) is 0 Å². The molecule has 0 saturated heterocycles. The van der Waals surface area contributed by atoms with E-state index >= 15 is 0 Å². The molecule has 0 aromatic carbocycles. The highest BCUT2D eigenvalue weighted by Crippen LogP contribution is 2.42. The van der Waals surface area contributed by atoms with Gasteiger partial charge in [0.25, 0.3) is 0 Å². The van der Waals surface area contributed by atoms with Crippen LogP contribution in [-0.4, -0.2) is 16.2 Å². The van der Waals surface area contributed by atoms with Crippen LogP contribution in [0.5, 0.6) is 0 Å². The highest BCUT2D eigenvalue weighted by atomic mass is 16.4. The lowest BCUT2D eigenvalue weighted by atomic mass is 9.89. The van der Waals surface area contributed by atoms with E-state index in [1.54, 1.807) is 19.9 Å². The van der Waals surface area contributed by atoms with Crippen molar-refractivity contribution in [3.05, 3.63) is 23.2 Å². The molecule has 0 bridgehead atoms. The number of carboxylic acids is 1. The van der Waals surface area contributed by atoms with Crippen LogP contribution >= 0.6 is 0 Å². The monoisotopic (exact) mass is 196 g/mol. The van der Waals surface area contributed by atoms with Crippen LogP contribution in [-0.2, 0) is 16.8 Å². The van der Waals surface area contributed by atoms with Crippen LogP contribution in [0.15, 0.2) is 10.5 Å². The number of rotatable bonds is 1. The van der Waals surface area contributed by atoms with Gasteiger partial charge >= 0.3 is 5.97 Å². The molecular formula is C10H12O4. The van der Waals surface area contributed by atoms with Crippen LogP contribution in [0.25, 0.3) is 0 Å². The lowest BCUT2D eigenvalue weighted by Gasteiger charge is -2.22. The minimum absolute atomic E-state index is 0.339. The smallest absolute Gasteiger partial charge is 0.340 e. The topological polar surface area (TPSA) is 70.7 Å². The van der Waals surface area contributed by atoms with Gasteiger partial charge in [0.05, 0.1) is 0 Å². The first-order chi connectivity index (χ1) is 6.46. The zero-order valence-electron chi connectivity index (χ0n) is 8.07. The van der Waals surface area contributed by atoms with E-state index in [1.807, 2.05) is 0 Å². The van der Waals surface area contributed by atoms with Crippen molar-refractivity contribution in [2.24, 2.45) is 5.92 Å². The van der Waals surface area contributed by atoms with Gasteiger partial charge in [-0.15, -0.1) is 0 Å². The van der Waals surface area contributed by atoms with Gasteiger partial charge in [-0.2, -0.15) is 0 Å². The van der Waals surface area contributed by atoms with Crippen molar-refractivity contribution in [3.63, 3.8) is 0 Å². The molecule has 2 atom stereocenters. The standard InChI is InChI=1S/C10H12O4/c1-5-3-8-7(4-6(2)14-8)10(5,13)9(11)12/h4-5,13H,3H2,1-2H3,(H,11,12). The molecule has 4 nitrogen and oxygen atoms in total. The highest BCUT2D eigenvalue weighted by Gasteiger charge is 2.51. The van der Waals surface area contributed by atoms with Gasteiger partial charge in [0.15, 0.2) is 5.60 Å². The number of carbonyl (C=O) groups is 1. The number of fused-ring (bicyclic) bond motifs is 1. The largest absolute Gasteiger partial charge is 0.479 e. The van der Waals surface area contributed by atoms with E-state index in [-0.39, 0.29) is 5.92 Å². The van der Waals surface area contributed by atoms with Gasteiger partial charge in [0, 0.05) is 17.9 Å². The number of aryl methyl sites for hydroxylation is 1. The van der Waals surface area contributed by atoms with E-state index in [0.717, 1.165) is 0 Å². The summed E-state index contributed by atoms with van der Waals surface area (Å²) >= 11 is 0. The number of aliphatic hydroxyl groups is 1. The van der Waals surface area contributed by atoms with Crippen LogP contribution < -0.4 is 0 Å². The van der Waals surface area contributed by atoms with Gasteiger partial charge in [0.2, 0.25) is 0 Å². The number of aliphatic carboxylic acids is 1. The Balaban J connectivity index is 2.57. The fourth-order valence-corrected chi connectivity index (χ4v) is 2.05. The maximum absolute atomic E-state index is 11.0. The quantitative estimate of drug-likeness (QED) is 0.704. The van der Waals surface area contributed by atoms with Gasteiger partial charge in [-0.25, -0.2) is 4.79 Å². The molecule has 1 aromatic heterocycles. The van der Waals surface area contributed by atoms with E-state index in [9.17, 15) is 9.90 Å². The third kappa shape index (κ3) is 0.944. The molecule has 0 fully saturated rings.